The van der Waals surface area contributed by atoms with E-state index < -0.39 is 0 Å². The van der Waals surface area contributed by atoms with Gasteiger partial charge in [0, 0.05) is 12.6 Å². The van der Waals surface area contributed by atoms with Crippen LogP contribution in [0.2, 0.25) is 0 Å². The third-order valence-electron chi connectivity index (χ3n) is 2.16. The molecular weight excluding hydrogens is 114 g/mol. The number of hydrogen-bond acceptors (Lipinski definition) is 2. The van der Waals surface area contributed by atoms with E-state index in [2.05, 4.69) is 12.2 Å². The molecule has 1 rings (SSSR count). The number of aliphatic hydroxyl groups is 1. The van der Waals surface area contributed by atoms with Gasteiger partial charge in [-0.1, -0.05) is 0 Å². The average Bonchev–Trinajstić information content (AvgIpc) is 1.89. The zero-order valence-electron chi connectivity index (χ0n) is 5.93. The monoisotopic (exact) mass is 129 g/mol. The first kappa shape index (κ1) is 7.03. The minimum absolute atomic E-state index is 0.341. The zero-order chi connectivity index (χ0) is 6.69. The summed E-state index contributed by atoms with van der Waals surface area (Å²) in [5.41, 5.74) is 0. The second-order valence-corrected chi connectivity index (χ2v) is 2.83. The van der Waals surface area contributed by atoms with E-state index in [1.165, 1.54) is 12.8 Å². The van der Waals surface area contributed by atoms with Gasteiger partial charge in [0.25, 0.3) is 0 Å². The Morgan fingerprint density at radius 1 is 1.67 bits per heavy atom. The van der Waals surface area contributed by atoms with Crippen molar-refractivity contribution >= 4 is 0 Å². The fraction of sp³-hybridized carbons (Fsp3) is 1.00. The summed E-state index contributed by atoms with van der Waals surface area (Å²) in [4.78, 5) is 0. The lowest BCUT2D eigenvalue weighted by atomic mass is 9.93. The molecule has 1 aliphatic heterocycles. The summed E-state index contributed by atoms with van der Waals surface area (Å²) in [5, 5.41) is 12.1. The summed E-state index contributed by atoms with van der Waals surface area (Å²) in [5.74, 6) is 0.499. The fourth-order valence-electron chi connectivity index (χ4n) is 1.36. The predicted molar refractivity (Wildman–Crippen MR) is 37.3 cm³/mol. The maximum atomic E-state index is 8.82. The molecule has 0 spiro atoms. The Kier molecular flexibility index (Phi) is 2.49. The molecular formula is C7H15NO. The third kappa shape index (κ3) is 1.66. The van der Waals surface area contributed by atoms with Gasteiger partial charge < -0.3 is 10.4 Å². The summed E-state index contributed by atoms with van der Waals surface area (Å²) < 4.78 is 0. The Labute approximate surface area is 56.3 Å². The van der Waals surface area contributed by atoms with Gasteiger partial charge in [-0.3, -0.25) is 0 Å². The quantitative estimate of drug-likeness (QED) is 0.536. The van der Waals surface area contributed by atoms with Gasteiger partial charge in [-0.05, 0) is 32.2 Å². The van der Waals surface area contributed by atoms with Crippen molar-refractivity contribution in [1.29, 1.82) is 0 Å². The normalized spacial score (nSPS) is 36.7. The number of hydrogen-bond donors (Lipinski definition) is 2. The Bertz CT molecular complexity index is 85.0. The Morgan fingerprint density at radius 3 is 2.89 bits per heavy atom. The van der Waals surface area contributed by atoms with Crippen LogP contribution in [-0.4, -0.2) is 24.3 Å². The zero-order valence-corrected chi connectivity index (χ0v) is 5.93. The van der Waals surface area contributed by atoms with Crippen LogP contribution in [0.4, 0.5) is 0 Å². The highest BCUT2D eigenvalue weighted by Crippen LogP contribution is 2.14. The van der Waals surface area contributed by atoms with Gasteiger partial charge in [0.15, 0.2) is 0 Å². The summed E-state index contributed by atoms with van der Waals surface area (Å²) >= 11 is 0. The molecule has 0 aliphatic carbocycles. The minimum atomic E-state index is 0.341. The molecule has 2 heteroatoms. The Hall–Kier alpha value is -0.0800. The Morgan fingerprint density at radius 2 is 2.44 bits per heavy atom. The van der Waals surface area contributed by atoms with Gasteiger partial charge in [0.05, 0.1) is 0 Å². The molecule has 2 unspecified atom stereocenters. The minimum Gasteiger partial charge on any atom is -0.396 e. The molecule has 1 saturated heterocycles. The first-order chi connectivity index (χ1) is 4.34. The van der Waals surface area contributed by atoms with E-state index in [9.17, 15) is 0 Å². The lowest BCUT2D eigenvalue weighted by molar-refractivity contribution is 0.167. The van der Waals surface area contributed by atoms with Crippen LogP contribution < -0.4 is 5.32 Å². The second-order valence-electron chi connectivity index (χ2n) is 2.83. The van der Waals surface area contributed by atoms with Gasteiger partial charge in [0.2, 0.25) is 0 Å². The van der Waals surface area contributed by atoms with Crippen LogP contribution in [-0.2, 0) is 0 Å². The molecule has 1 aliphatic rings. The van der Waals surface area contributed by atoms with Gasteiger partial charge in [-0.25, -0.2) is 0 Å². The molecule has 0 saturated carbocycles. The number of aliphatic hydroxyl groups excluding tert-OH is 1. The standard InChI is InChI=1S/C7H15NO/c1-6-7(5-9)3-2-4-8-6/h6-9H,2-5H2,1H3. The molecule has 2 atom stereocenters. The Balaban J connectivity index is 2.30. The highest BCUT2D eigenvalue weighted by atomic mass is 16.3. The van der Waals surface area contributed by atoms with E-state index in [4.69, 9.17) is 5.11 Å². The van der Waals surface area contributed by atoms with Gasteiger partial charge in [-0.15, -0.1) is 0 Å². The molecule has 1 heterocycles. The maximum absolute atomic E-state index is 8.82. The van der Waals surface area contributed by atoms with Crippen molar-refractivity contribution < 1.29 is 5.11 Å². The lowest BCUT2D eigenvalue weighted by Gasteiger charge is -2.27. The van der Waals surface area contributed by atoms with Crippen LogP contribution in [0, 0.1) is 5.92 Å². The van der Waals surface area contributed by atoms with Crippen LogP contribution in [0.5, 0.6) is 0 Å². The van der Waals surface area contributed by atoms with Crippen LogP contribution >= 0.6 is 0 Å². The van der Waals surface area contributed by atoms with Crippen LogP contribution in [0.25, 0.3) is 0 Å². The van der Waals surface area contributed by atoms with Crippen molar-refractivity contribution in [2.45, 2.75) is 25.8 Å². The fourth-order valence-corrected chi connectivity index (χ4v) is 1.36. The number of nitrogens with one attached hydrogen (secondary N) is 1. The molecule has 9 heavy (non-hydrogen) atoms. The summed E-state index contributed by atoms with van der Waals surface area (Å²) in [6, 6.07) is 0.517. The molecule has 0 aromatic carbocycles. The van der Waals surface area contributed by atoms with E-state index in [0.29, 0.717) is 18.6 Å². The molecule has 0 amide bonds. The lowest BCUT2D eigenvalue weighted by Crippen LogP contribution is -2.40. The summed E-state index contributed by atoms with van der Waals surface area (Å²) in [6.45, 7) is 3.60. The van der Waals surface area contributed by atoms with Crippen molar-refractivity contribution in [3.63, 3.8) is 0 Å². The molecule has 54 valence electrons. The molecule has 0 aromatic heterocycles. The largest absolute Gasteiger partial charge is 0.396 e. The second kappa shape index (κ2) is 3.18. The smallest absolute Gasteiger partial charge is 0.0474 e. The van der Waals surface area contributed by atoms with Gasteiger partial charge in [-0.2, -0.15) is 0 Å². The molecule has 1 fully saturated rings. The van der Waals surface area contributed by atoms with E-state index in [1.54, 1.807) is 0 Å². The van der Waals surface area contributed by atoms with E-state index in [0.717, 1.165) is 6.54 Å². The maximum Gasteiger partial charge on any atom is 0.0474 e. The average molecular weight is 129 g/mol. The highest BCUT2D eigenvalue weighted by Gasteiger charge is 2.18. The van der Waals surface area contributed by atoms with Crippen molar-refractivity contribution in [1.82, 2.24) is 5.32 Å². The van der Waals surface area contributed by atoms with Crippen LogP contribution in [0.1, 0.15) is 19.8 Å². The van der Waals surface area contributed by atoms with Crippen LogP contribution in [0.3, 0.4) is 0 Å². The number of piperidine rings is 1. The van der Waals surface area contributed by atoms with Crippen molar-refractivity contribution in [3.8, 4) is 0 Å². The molecule has 2 nitrogen and oxygen atoms in total. The molecule has 0 bridgehead atoms. The molecule has 2 N–H and O–H groups in total. The SMILES string of the molecule is CC1NCCCC1CO. The topological polar surface area (TPSA) is 32.3 Å². The summed E-state index contributed by atoms with van der Waals surface area (Å²) in [7, 11) is 0. The van der Waals surface area contributed by atoms with Crippen LogP contribution in [0.15, 0.2) is 0 Å². The van der Waals surface area contributed by atoms with E-state index >= 15 is 0 Å². The molecule has 0 radical (unpaired) electrons. The van der Waals surface area contributed by atoms with Crippen molar-refractivity contribution in [2.75, 3.05) is 13.2 Å². The molecule has 0 aromatic rings. The van der Waals surface area contributed by atoms with Gasteiger partial charge in [0.1, 0.15) is 0 Å². The first-order valence-electron chi connectivity index (χ1n) is 3.69. The highest BCUT2D eigenvalue weighted by molar-refractivity contribution is 4.76. The van der Waals surface area contributed by atoms with Crippen molar-refractivity contribution in [3.05, 3.63) is 0 Å². The number of rotatable bonds is 1. The predicted octanol–water partition coefficient (Wildman–Crippen LogP) is 0.367. The summed E-state index contributed by atoms with van der Waals surface area (Å²) in [6.07, 6.45) is 2.40. The van der Waals surface area contributed by atoms with E-state index in [-0.39, 0.29) is 0 Å². The van der Waals surface area contributed by atoms with E-state index in [1.807, 2.05) is 0 Å². The third-order valence-corrected chi connectivity index (χ3v) is 2.16. The van der Waals surface area contributed by atoms with Gasteiger partial charge >= 0.3 is 0 Å². The first-order valence-corrected chi connectivity index (χ1v) is 3.69. The van der Waals surface area contributed by atoms with Crippen molar-refractivity contribution in [2.24, 2.45) is 5.92 Å².